The van der Waals surface area contributed by atoms with Gasteiger partial charge in [-0.05, 0) is 53.0 Å². The number of carboxylic acid groups (broad SMARTS) is 1. The molecule has 0 saturated carbocycles. The Balaban J connectivity index is 1.26. The molecule has 2 unspecified atom stereocenters. The molecule has 0 aliphatic carbocycles. The Kier molecular flexibility index (Phi) is 9.39. The van der Waals surface area contributed by atoms with E-state index in [1.807, 2.05) is 0 Å². The summed E-state index contributed by atoms with van der Waals surface area (Å²) in [4.78, 5) is 51.7. The predicted molar refractivity (Wildman–Crippen MR) is 158 cm³/mol. The van der Waals surface area contributed by atoms with E-state index in [0.717, 1.165) is 9.78 Å². The van der Waals surface area contributed by atoms with Crippen LogP contribution in [0.1, 0.15) is 4.88 Å². The van der Waals surface area contributed by atoms with Gasteiger partial charge in [0.1, 0.15) is 23.8 Å². The Hall–Kier alpha value is -3.46. The molecule has 5 rings (SSSR count). The molecule has 1 aromatic heterocycles. The average molecular weight is 686 g/mol. The van der Waals surface area contributed by atoms with Crippen molar-refractivity contribution in [3.05, 3.63) is 85.1 Å². The van der Waals surface area contributed by atoms with E-state index in [2.05, 4.69) is 5.32 Å². The maximum absolute atomic E-state index is 13.0. The summed E-state index contributed by atoms with van der Waals surface area (Å²) in [6.45, 7) is -0.641. The standard InChI is InChI=1S/C27H19Cl3N2O9S2/c28-14-3-5-18(17(30)8-14)40-19-6-4-15(29)9-20(19)41-27(37)39-11-13-12-43(38)25-22(24(34)32(25)23(13)26(35)36)31-21(33)10-16-2-1-7-42-16/h1-9,22,25H,10-12H2,(H,31,33)(H,35,36)/t22?,25-,43?/m1/s1. The molecule has 3 aromatic rings. The van der Waals surface area contributed by atoms with Crippen molar-refractivity contribution >= 4 is 81.3 Å². The van der Waals surface area contributed by atoms with Crippen molar-refractivity contribution in [1.29, 1.82) is 0 Å². The number of nitrogens with zero attached hydrogens (tertiary/aromatic N) is 1. The number of halogens is 3. The second kappa shape index (κ2) is 13.0. The molecule has 1 fully saturated rings. The monoisotopic (exact) mass is 684 g/mol. The number of nitrogens with one attached hydrogen (secondary N) is 1. The summed E-state index contributed by atoms with van der Waals surface area (Å²) in [7, 11) is 0. The summed E-state index contributed by atoms with van der Waals surface area (Å²) >= 11 is 17.7. The largest absolute Gasteiger partial charge is 0.614 e. The van der Waals surface area contributed by atoms with Crippen LogP contribution in [0.3, 0.4) is 0 Å². The minimum atomic E-state index is -1.81. The van der Waals surface area contributed by atoms with Gasteiger partial charge in [0.15, 0.2) is 17.5 Å². The summed E-state index contributed by atoms with van der Waals surface area (Å²) in [5.74, 6) is -2.88. The highest BCUT2D eigenvalue weighted by Gasteiger charge is 2.61. The van der Waals surface area contributed by atoms with Crippen molar-refractivity contribution in [2.45, 2.75) is 17.8 Å². The maximum atomic E-state index is 13.0. The molecule has 0 bridgehead atoms. The number of thiophene rings is 1. The number of hydrogen-bond donors (Lipinski definition) is 2. The zero-order valence-corrected chi connectivity index (χ0v) is 25.5. The second-order valence-electron chi connectivity index (χ2n) is 9.09. The van der Waals surface area contributed by atoms with Gasteiger partial charge in [0, 0.05) is 26.6 Å². The quantitative estimate of drug-likeness (QED) is 0.137. The van der Waals surface area contributed by atoms with Gasteiger partial charge in [0.05, 0.1) is 11.4 Å². The van der Waals surface area contributed by atoms with Crippen LogP contribution in [0.5, 0.6) is 17.2 Å². The van der Waals surface area contributed by atoms with Crippen LogP contribution in [0, 0.1) is 0 Å². The number of carboxylic acids is 1. The lowest BCUT2D eigenvalue weighted by Gasteiger charge is -2.48. The van der Waals surface area contributed by atoms with Gasteiger partial charge in [0.25, 0.3) is 5.91 Å². The molecule has 2 aliphatic rings. The van der Waals surface area contributed by atoms with Crippen LogP contribution < -0.4 is 14.8 Å². The van der Waals surface area contributed by atoms with Gasteiger partial charge >= 0.3 is 12.1 Å². The van der Waals surface area contributed by atoms with E-state index >= 15 is 0 Å². The Morgan fingerprint density at radius 2 is 1.79 bits per heavy atom. The minimum Gasteiger partial charge on any atom is -0.614 e. The molecule has 2 aromatic carbocycles. The second-order valence-corrected chi connectivity index (χ2v) is 12.9. The fraction of sp³-hybridized carbons (Fsp3) is 0.185. The van der Waals surface area contributed by atoms with Crippen LogP contribution in [0.15, 0.2) is 65.2 Å². The molecule has 2 N–H and O–H groups in total. The normalized spacial score (nSPS) is 19.3. The molecular formula is C27H19Cl3N2O9S2. The van der Waals surface area contributed by atoms with Gasteiger partial charge in [-0.2, -0.15) is 0 Å². The minimum absolute atomic E-state index is 0.0236. The number of benzene rings is 2. The van der Waals surface area contributed by atoms with E-state index in [4.69, 9.17) is 49.0 Å². The molecule has 2 aliphatic heterocycles. The van der Waals surface area contributed by atoms with Crippen molar-refractivity contribution in [2.24, 2.45) is 0 Å². The van der Waals surface area contributed by atoms with Crippen molar-refractivity contribution in [2.75, 3.05) is 12.4 Å². The molecule has 11 nitrogen and oxygen atoms in total. The topological polar surface area (TPSA) is 155 Å². The van der Waals surface area contributed by atoms with Gasteiger partial charge in [-0.1, -0.05) is 40.9 Å². The Morgan fingerprint density at radius 1 is 1.07 bits per heavy atom. The molecule has 3 heterocycles. The van der Waals surface area contributed by atoms with Gasteiger partial charge in [0.2, 0.25) is 11.3 Å². The molecule has 224 valence electrons. The molecule has 3 atom stereocenters. The number of carbonyl (C=O) groups is 4. The first kappa shape index (κ1) is 31.0. The number of ether oxygens (including phenoxy) is 3. The maximum Gasteiger partial charge on any atom is 0.514 e. The van der Waals surface area contributed by atoms with E-state index in [1.165, 1.54) is 41.7 Å². The lowest BCUT2D eigenvalue weighted by atomic mass is 10.0. The zero-order chi connectivity index (χ0) is 30.8. The lowest BCUT2D eigenvalue weighted by molar-refractivity contribution is -0.151. The molecule has 16 heteroatoms. The van der Waals surface area contributed by atoms with Crippen LogP contribution >= 0.6 is 46.1 Å². The van der Waals surface area contributed by atoms with Crippen LogP contribution in [0.2, 0.25) is 15.1 Å². The average Bonchev–Trinajstić information content (AvgIpc) is 3.45. The van der Waals surface area contributed by atoms with Gasteiger partial charge in [-0.25, -0.2) is 9.59 Å². The number of fused-ring (bicyclic) bond motifs is 1. The molecular weight excluding hydrogens is 667 g/mol. The molecule has 1 saturated heterocycles. The third-order valence-corrected chi connectivity index (χ3v) is 9.51. The molecule has 43 heavy (non-hydrogen) atoms. The number of amides is 2. The third-order valence-electron chi connectivity index (χ3n) is 6.22. The molecule has 0 radical (unpaired) electrons. The number of aliphatic carboxylic acids is 1. The lowest BCUT2D eigenvalue weighted by Crippen LogP contribution is -2.75. The van der Waals surface area contributed by atoms with Crippen LogP contribution in [0.4, 0.5) is 4.79 Å². The van der Waals surface area contributed by atoms with Crippen molar-refractivity contribution in [1.82, 2.24) is 10.2 Å². The van der Waals surface area contributed by atoms with Crippen molar-refractivity contribution < 1.29 is 43.0 Å². The summed E-state index contributed by atoms with van der Waals surface area (Å²) in [5.41, 5.74) is -0.554. The van der Waals surface area contributed by atoms with E-state index in [9.17, 15) is 28.8 Å². The fourth-order valence-electron chi connectivity index (χ4n) is 4.35. The number of rotatable bonds is 9. The first-order valence-corrected chi connectivity index (χ1v) is 15.7. The van der Waals surface area contributed by atoms with Gasteiger partial charge in [-0.3, -0.25) is 14.5 Å². The first-order chi connectivity index (χ1) is 20.5. The number of carbonyl (C=O) groups excluding carboxylic acids is 3. The summed E-state index contributed by atoms with van der Waals surface area (Å²) in [5, 5.41) is 13.9. The number of β-lactam (4-membered cyclic amide) rings is 1. The zero-order valence-electron chi connectivity index (χ0n) is 21.6. The predicted octanol–water partition coefficient (Wildman–Crippen LogP) is 5.01. The van der Waals surface area contributed by atoms with E-state index in [0.29, 0.717) is 5.02 Å². The van der Waals surface area contributed by atoms with Gasteiger partial charge in [-0.15, -0.1) is 11.3 Å². The Bertz CT molecular complexity index is 1630. The van der Waals surface area contributed by atoms with Crippen LogP contribution in [-0.4, -0.2) is 62.3 Å². The van der Waals surface area contributed by atoms with E-state index in [1.54, 1.807) is 23.6 Å². The van der Waals surface area contributed by atoms with Crippen LogP contribution in [0.25, 0.3) is 0 Å². The van der Waals surface area contributed by atoms with Crippen molar-refractivity contribution in [3.8, 4) is 17.2 Å². The number of hydrogen-bond acceptors (Lipinski definition) is 9. The summed E-state index contributed by atoms with van der Waals surface area (Å²) < 4.78 is 29.2. The van der Waals surface area contributed by atoms with Crippen LogP contribution in [-0.2, 0) is 36.7 Å². The Morgan fingerprint density at radius 3 is 2.47 bits per heavy atom. The SMILES string of the molecule is O=C(Cc1cccs1)NC1C(=O)N2C(C(=O)O)=C(COC(=O)Oc3cc(Cl)ccc3Oc3ccc(Cl)cc3Cl)C[S+]([O-])[C@H]12. The highest BCUT2D eigenvalue weighted by Crippen LogP contribution is 2.39. The third kappa shape index (κ3) is 6.87. The summed E-state index contributed by atoms with van der Waals surface area (Å²) in [6, 6.07) is 11.1. The highest BCUT2D eigenvalue weighted by molar-refractivity contribution is 7.92. The summed E-state index contributed by atoms with van der Waals surface area (Å²) in [6.07, 6.45) is -1.23. The van der Waals surface area contributed by atoms with Gasteiger partial charge < -0.3 is 29.2 Å². The fourth-order valence-corrected chi connectivity index (χ4v) is 7.33. The molecule has 0 spiro atoms. The van der Waals surface area contributed by atoms with E-state index in [-0.39, 0.29) is 45.0 Å². The van der Waals surface area contributed by atoms with E-state index < -0.39 is 58.8 Å². The highest BCUT2D eigenvalue weighted by atomic mass is 35.5. The van der Waals surface area contributed by atoms with Crippen molar-refractivity contribution in [3.63, 3.8) is 0 Å². The molecule has 2 amide bonds. The first-order valence-electron chi connectivity index (χ1n) is 12.3. The Labute approximate surface area is 266 Å². The smallest absolute Gasteiger partial charge is 0.514 e.